The molecule has 15 heavy (non-hydrogen) atoms. The van der Waals surface area contributed by atoms with Gasteiger partial charge in [0.15, 0.2) is 4.90 Å². The van der Waals surface area contributed by atoms with Crippen LogP contribution in [-0.4, -0.2) is 30.5 Å². The third kappa shape index (κ3) is 4.11. The van der Waals surface area contributed by atoms with Gasteiger partial charge in [0.25, 0.3) is 0 Å². The van der Waals surface area contributed by atoms with Crippen molar-refractivity contribution in [2.45, 2.75) is 11.8 Å². The molecule has 0 aliphatic rings. The summed E-state index contributed by atoms with van der Waals surface area (Å²) < 4.78 is 17.0. The molecule has 0 fully saturated rings. The molecule has 4 heteroatoms. The number of nitrogens with one attached hydrogen (secondary N) is 1. The Bertz CT molecular complexity index is 276. The quantitative estimate of drug-likeness (QED) is 0.747. The van der Waals surface area contributed by atoms with Crippen molar-refractivity contribution in [1.29, 1.82) is 0 Å². The van der Waals surface area contributed by atoms with Crippen LogP contribution in [-0.2, 0) is 11.2 Å². The van der Waals surface area contributed by atoms with Gasteiger partial charge in [-0.25, -0.2) is 0 Å². The van der Waals surface area contributed by atoms with E-state index in [1.807, 2.05) is 38.2 Å². The molecule has 0 radical (unpaired) electrons. The number of hydrogen-bond donors (Lipinski definition) is 1. The lowest BCUT2D eigenvalue weighted by atomic mass is 10.3. The lowest BCUT2D eigenvalue weighted by Crippen LogP contribution is -2.19. The van der Waals surface area contributed by atoms with Crippen LogP contribution in [0.5, 0.6) is 5.75 Å². The molecule has 0 amide bonds. The maximum absolute atomic E-state index is 11.7. The van der Waals surface area contributed by atoms with Gasteiger partial charge in [0.2, 0.25) is 0 Å². The maximum Gasteiger partial charge on any atom is 0.152 e. The van der Waals surface area contributed by atoms with E-state index >= 15 is 0 Å². The Labute approximate surface area is 94.0 Å². The van der Waals surface area contributed by atoms with Crippen LogP contribution in [0.25, 0.3) is 0 Å². The van der Waals surface area contributed by atoms with Gasteiger partial charge in [0.05, 0.1) is 6.61 Å². The second-order valence-electron chi connectivity index (χ2n) is 3.06. The van der Waals surface area contributed by atoms with Crippen LogP contribution >= 0.6 is 0 Å². The van der Waals surface area contributed by atoms with E-state index in [1.54, 1.807) is 0 Å². The molecule has 0 aliphatic carbocycles. The largest absolute Gasteiger partial charge is 0.611 e. The Kier molecular flexibility index (Phi) is 5.53. The highest BCUT2D eigenvalue weighted by atomic mass is 32.2. The van der Waals surface area contributed by atoms with E-state index in [4.69, 9.17) is 4.74 Å². The average molecular weight is 227 g/mol. The number of ether oxygens (including phenoxy) is 1. The van der Waals surface area contributed by atoms with E-state index in [1.165, 1.54) is 0 Å². The summed E-state index contributed by atoms with van der Waals surface area (Å²) in [5, 5.41) is 2.98. The minimum atomic E-state index is -0.914. The zero-order valence-electron chi connectivity index (χ0n) is 9.16. The molecule has 0 spiro atoms. The van der Waals surface area contributed by atoms with E-state index in [0.29, 0.717) is 12.4 Å². The molecule has 0 aromatic heterocycles. The topological polar surface area (TPSA) is 44.3 Å². The molecular weight excluding hydrogens is 210 g/mol. The molecule has 1 aromatic rings. The molecule has 1 aromatic carbocycles. The number of hydrogen-bond acceptors (Lipinski definition) is 3. The van der Waals surface area contributed by atoms with Gasteiger partial charge in [-0.1, -0.05) is 0 Å². The van der Waals surface area contributed by atoms with Gasteiger partial charge in [-0.3, -0.25) is 0 Å². The fourth-order valence-electron chi connectivity index (χ4n) is 1.17. The van der Waals surface area contributed by atoms with E-state index in [2.05, 4.69) is 5.32 Å². The summed E-state index contributed by atoms with van der Waals surface area (Å²) in [6.45, 7) is 3.36. The van der Waals surface area contributed by atoms with Crippen molar-refractivity contribution >= 4 is 11.2 Å². The molecule has 3 nitrogen and oxygen atoms in total. The first kappa shape index (κ1) is 12.4. The molecule has 0 saturated heterocycles. The summed E-state index contributed by atoms with van der Waals surface area (Å²) in [7, 11) is 1.86. The normalized spacial score (nSPS) is 12.5. The Hall–Kier alpha value is -0.710. The summed E-state index contributed by atoms with van der Waals surface area (Å²) in [6.07, 6.45) is 0. The number of benzene rings is 1. The van der Waals surface area contributed by atoms with Crippen molar-refractivity contribution in [3.05, 3.63) is 24.3 Å². The van der Waals surface area contributed by atoms with E-state index in [9.17, 15) is 4.55 Å². The van der Waals surface area contributed by atoms with Crippen molar-refractivity contribution < 1.29 is 9.29 Å². The Balaban J connectivity index is 2.54. The van der Waals surface area contributed by atoms with Gasteiger partial charge < -0.3 is 14.6 Å². The van der Waals surface area contributed by atoms with Crippen LogP contribution in [0.3, 0.4) is 0 Å². The molecule has 1 atom stereocenters. The smallest absolute Gasteiger partial charge is 0.152 e. The van der Waals surface area contributed by atoms with Crippen LogP contribution in [0.4, 0.5) is 0 Å². The lowest BCUT2D eigenvalue weighted by molar-refractivity contribution is 0.340. The summed E-state index contributed by atoms with van der Waals surface area (Å²) in [6, 6.07) is 7.43. The highest BCUT2D eigenvalue weighted by Crippen LogP contribution is 2.16. The first-order valence-electron chi connectivity index (χ1n) is 5.03. The fraction of sp³-hybridized carbons (Fsp3) is 0.455. The Morgan fingerprint density at radius 3 is 2.53 bits per heavy atom. The monoisotopic (exact) mass is 227 g/mol. The standard InChI is InChI=1S/C11H17NO2S/c1-3-14-10-4-6-11(7-5-10)15(13)9-8-12-2/h4-7,12H,3,8-9H2,1-2H3. The van der Waals surface area contributed by atoms with Gasteiger partial charge in [0.1, 0.15) is 11.5 Å². The van der Waals surface area contributed by atoms with Crippen molar-refractivity contribution in [3.63, 3.8) is 0 Å². The van der Waals surface area contributed by atoms with Crippen molar-refractivity contribution in [3.8, 4) is 5.75 Å². The van der Waals surface area contributed by atoms with E-state index in [0.717, 1.165) is 17.2 Å². The zero-order valence-corrected chi connectivity index (χ0v) is 9.97. The second kappa shape index (κ2) is 6.71. The molecule has 0 aliphatic heterocycles. The van der Waals surface area contributed by atoms with Crippen LogP contribution < -0.4 is 10.1 Å². The minimum Gasteiger partial charge on any atom is -0.611 e. The lowest BCUT2D eigenvalue weighted by Gasteiger charge is -2.10. The zero-order chi connectivity index (χ0) is 11.1. The van der Waals surface area contributed by atoms with Crippen molar-refractivity contribution in [1.82, 2.24) is 5.32 Å². The van der Waals surface area contributed by atoms with Gasteiger partial charge in [-0.15, -0.1) is 0 Å². The molecule has 84 valence electrons. The predicted molar refractivity (Wildman–Crippen MR) is 62.8 cm³/mol. The molecular formula is C11H17NO2S. The third-order valence-corrected chi connectivity index (χ3v) is 3.31. The molecule has 0 heterocycles. The Morgan fingerprint density at radius 2 is 2.00 bits per heavy atom. The summed E-state index contributed by atoms with van der Waals surface area (Å²) in [5.41, 5.74) is 0. The summed E-state index contributed by atoms with van der Waals surface area (Å²) in [5.74, 6) is 1.47. The molecule has 0 bridgehead atoms. The first-order chi connectivity index (χ1) is 7.27. The van der Waals surface area contributed by atoms with Gasteiger partial charge in [-0.2, -0.15) is 0 Å². The second-order valence-corrected chi connectivity index (χ2v) is 4.63. The van der Waals surface area contributed by atoms with Crippen LogP contribution in [0.15, 0.2) is 29.2 Å². The van der Waals surface area contributed by atoms with E-state index in [-0.39, 0.29) is 0 Å². The fourth-order valence-corrected chi connectivity index (χ4v) is 2.23. The van der Waals surface area contributed by atoms with Gasteiger partial charge in [-0.05, 0) is 49.4 Å². The summed E-state index contributed by atoms with van der Waals surface area (Å²) >= 11 is -0.914. The van der Waals surface area contributed by atoms with E-state index < -0.39 is 11.2 Å². The SMILES string of the molecule is CCOc1ccc([S+]([O-])CCNC)cc1. The van der Waals surface area contributed by atoms with Crippen LogP contribution in [0.2, 0.25) is 0 Å². The highest BCUT2D eigenvalue weighted by Gasteiger charge is 2.09. The molecule has 1 unspecified atom stereocenters. The van der Waals surface area contributed by atoms with Crippen molar-refractivity contribution in [2.75, 3.05) is 26.0 Å². The number of rotatable bonds is 6. The first-order valence-corrected chi connectivity index (χ1v) is 6.35. The molecule has 1 rings (SSSR count). The van der Waals surface area contributed by atoms with Crippen LogP contribution in [0, 0.1) is 0 Å². The predicted octanol–water partition coefficient (Wildman–Crippen LogP) is 1.41. The minimum absolute atomic E-state index is 0.643. The molecule has 0 saturated carbocycles. The molecule has 1 N–H and O–H groups in total. The van der Waals surface area contributed by atoms with Gasteiger partial charge in [0, 0.05) is 6.54 Å². The van der Waals surface area contributed by atoms with Crippen molar-refractivity contribution in [2.24, 2.45) is 0 Å². The Morgan fingerprint density at radius 1 is 1.33 bits per heavy atom. The average Bonchev–Trinajstić information content (AvgIpc) is 2.27. The van der Waals surface area contributed by atoms with Crippen LogP contribution in [0.1, 0.15) is 6.92 Å². The summed E-state index contributed by atoms with van der Waals surface area (Å²) in [4.78, 5) is 0.855. The maximum atomic E-state index is 11.7. The third-order valence-electron chi connectivity index (χ3n) is 1.94. The van der Waals surface area contributed by atoms with Gasteiger partial charge >= 0.3 is 0 Å². The highest BCUT2D eigenvalue weighted by molar-refractivity contribution is 7.91.